The molecule has 0 saturated heterocycles. The smallest absolute Gasteiger partial charge is 0.145 e. The molecule has 0 atom stereocenters. The van der Waals surface area contributed by atoms with Crippen molar-refractivity contribution in [1.29, 1.82) is 5.26 Å². The van der Waals surface area contributed by atoms with Crippen LogP contribution in [0.1, 0.15) is 36.5 Å². The van der Waals surface area contributed by atoms with Crippen LogP contribution in [-0.2, 0) is 6.54 Å². The molecule has 2 aromatic rings. The molecule has 0 amide bonds. The average Bonchev–Trinajstić information content (AvgIpc) is 2.49. The summed E-state index contributed by atoms with van der Waals surface area (Å²) in [7, 11) is 1.88. The molecular formula is C18H20N2O. The maximum absolute atomic E-state index is 9.28. The Morgan fingerprint density at radius 3 is 2.67 bits per heavy atom. The lowest BCUT2D eigenvalue weighted by Crippen LogP contribution is -2.05. The highest BCUT2D eigenvalue weighted by Gasteiger charge is 2.07. The lowest BCUT2D eigenvalue weighted by atomic mass is 10.0. The normalized spacial score (nSPS) is 10.4. The summed E-state index contributed by atoms with van der Waals surface area (Å²) >= 11 is 0. The molecule has 3 nitrogen and oxygen atoms in total. The fourth-order valence-corrected chi connectivity index (χ4v) is 2.13. The van der Waals surface area contributed by atoms with Crippen molar-refractivity contribution in [3.8, 4) is 17.6 Å². The third-order valence-electron chi connectivity index (χ3n) is 3.30. The third-order valence-corrected chi connectivity index (χ3v) is 3.30. The maximum atomic E-state index is 9.28. The number of nitrogens with zero attached hydrogens (tertiary/aromatic N) is 1. The standard InChI is InChI=1S/C18H20N2O/c1-13(2)15-5-4-6-17(10-15)21-18-8-7-14(12-20-3)9-16(18)11-19/h4-10,13,20H,12H2,1-3H3. The molecule has 0 heterocycles. The summed E-state index contributed by atoms with van der Waals surface area (Å²) in [4.78, 5) is 0. The summed E-state index contributed by atoms with van der Waals surface area (Å²) in [6.45, 7) is 5.02. The van der Waals surface area contributed by atoms with Gasteiger partial charge in [0.25, 0.3) is 0 Å². The Hall–Kier alpha value is -2.31. The van der Waals surface area contributed by atoms with E-state index in [9.17, 15) is 5.26 Å². The number of benzene rings is 2. The summed E-state index contributed by atoms with van der Waals surface area (Å²) in [6, 6.07) is 15.9. The largest absolute Gasteiger partial charge is 0.456 e. The van der Waals surface area contributed by atoms with Gasteiger partial charge in [-0.2, -0.15) is 5.26 Å². The van der Waals surface area contributed by atoms with Crippen LogP contribution in [-0.4, -0.2) is 7.05 Å². The molecule has 0 radical (unpaired) electrons. The van der Waals surface area contributed by atoms with E-state index in [4.69, 9.17) is 4.74 Å². The van der Waals surface area contributed by atoms with E-state index in [1.807, 2.05) is 43.4 Å². The van der Waals surface area contributed by atoms with Crippen molar-refractivity contribution in [2.75, 3.05) is 7.05 Å². The van der Waals surface area contributed by atoms with Crippen LogP contribution in [0.25, 0.3) is 0 Å². The minimum absolute atomic E-state index is 0.446. The first kappa shape index (κ1) is 15.1. The first-order valence-corrected chi connectivity index (χ1v) is 7.09. The summed E-state index contributed by atoms with van der Waals surface area (Å²) in [5, 5.41) is 12.4. The molecule has 0 fully saturated rings. The van der Waals surface area contributed by atoms with Gasteiger partial charge >= 0.3 is 0 Å². The highest BCUT2D eigenvalue weighted by Crippen LogP contribution is 2.28. The number of nitrogens with one attached hydrogen (secondary N) is 1. The van der Waals surface area contributed by atoms with E-state index >= 15 is 0 Å². The first-order chi connectivity index (χ1) is 10.1. The van der Waals surface area contributed by atoms with Gasteiger partial charge in [0, 0.05) is 6.54 Å². The number of ether oxygens (including phenoxy) is 1. The Morgan fingerprint density at radius 1 is 1.19 bits per heavy atom. The second-order valence-electron chi connectivity index (χ2n) is 5.30. The molecule has 0 bridgehead atoms. The van der Waals surface area contributed by atoms with Crippen LogP contribution in [0.2, 0.25) is 0 Å². The molecule has 0 spiro atoms. The van der Waals surface area contributed by atoms with Gasteiger partial charge in [0.05, 0.1) is 5.56 Å². The molecule has 0 unspecified atom stereocenters. The third kappa shape index (κ3) is 3.84. The molecule has 21 heavy (non-hydrogen) atoms. The van der Waals surface area contributed by atoms with E-state index in [-0.39, 0.29) is 0 Å². The van der Waals surface area contributed by atoms with Gasteiger partial charge in [-0.3, -0.25) is 0 Å². The van der Waals surface area contributed by atoms with Crippen molar-refractivity contribution in [1.82, 2.24) is 5.32 Å². The van der Waals surface area contributed by atoms with Gasteiger partial charge in [-0.05, 0) is 48.4 Å². The predicted molar refractivity (Wildman–Crippen MR) is 84.5 cm³/mol. The Bertz CT molecular complexity index is 657. The summed E-state index contributed by atoms with van der Waals surface area (Å²) in [5.41, 5.74) is 2.84. The van der Waals surface area contributed by atoms with Crippen LogP contribution in [0.3, 0.4) is 0 Å². The van der Waals surface area contributed by atoms with Gasteiger partial charge in [0.15, 0.2) is 0 Å². The van der Waals surface area contributed by atoms with Crippen molar-refractivity contribution in [3.05, 3.63) is 59.2 Å². The second-order valence-corrected chi connectivity index (χ2v) is 5.30. The van der Waals surface area contributed by atoms with Gasteiger partial charge in [0.2, 0.25) is 0 Å². The van der Waals surface area contributed by atoms with Gasteiger partial charge in [0.1, 0.15) is 17.6 Å². The van der Waals surface area contributed by atoms with Crippen molar-refractivity contribution >= 4 is 0 Å². The maximum Gasteiger partial charge on any atom is 0.145 e. The predicted octanol–water partition coefficient (Wildman–Crippen LogP) is 4.19. The van der Waals surface area contributed by atoms with Crippen molar-refractivity contribution in [3.63, 3.8) is 0 Å². The molecule has 1 N–H and O–H groups in total. The highest BCUT2D eigenvalue weighted by atomic mass is 16.5. The Morgan fingerprint density at radius 2 is 2.00 bits per heavy atom. The zero-order valence-electron chi connectivity index (χ0n) is 12.7. The van der Waals surface area contributed by atoms with Crippen molar-refractivity contribution in [2.45, 2.75) is 26.3 Å². The molecule has 0 aliphatic rings. The van der Waals surface area contributed by atoms with Crippen LogP contribution in [0.4, 0.5) is 0 Å². The number of hydrogen-bond acceptors (Lipinski definition) is 3. The van der Waals surface area contributed by atoms with Crippen LogP contribution < -0.4 is 10.1 Å². The van der Waals surface area contributed by atoms with E-state index in [2.05, 4.69) is 31.3 Å². The minimum atomic E-state index is 0.446. The first-order valence-electron chi connectivity index (χ1n) is 7.09. The van der Waals surface area contributed by atoms with E-state index in [1.54, 1.807) is 0 Å². The Kier molecular flexibility index (Phi) is 4.97. The summed E-state index contributed by atoms with van der Waals surface area (Å²) in [6.07, 6.45) is 0. The summed E-state index contributed by atoms with van der Waals surface area (Å²) < 4.78 is 5.88. The molecule has 2 rings (SSSR count). The Balaban J connectivity index is 2.27. The van der Waals surface area contributed by atoms with Gasteiger partial charge in [-0.15, -0.1) is 0 Å². The lowest BCUT2D eigenvalue weighted by molar-refractivity contribution is 0.479. The molecule has 2 aromatic carbocycles. The van der Waals surface area contributed by atoms with Crippen molar-refractivity contribution in [2.24, 2.45) is 0 Å². The minimum Gasteiger partial charge on any atom is -0.456 e. The molecular weight excluding hydrogens is 260 g/mol. The molecule has 0 aliphatic carbocycles. The average molecular weight is 280 g/mol. The molecule has 108 valence electrons. The topological polar surface area (TPSA) is 45.0 Å². The Labute approximate surface area is 126 Å². The van der Waals surface area contributed by atoms with E-state index in [0.717, 1.165) is 17.9 Å². The van der Waals surface area contributed by atoms with E-state index < -0.39 is 0 Å². The molecule has 0 saturated carbocycles. The molecule has 0 aliphatic heterocycles. The van der Waals surface area contributed by atoms with Crippen molar-refractivity contribution < 1.29 is 4.74 Å². The van der Waals surface area contributed by atoms with Crippen LogP contribution in [0, 0.1) is 11.3 Å². The van der Waals surface area contributed by atoms with Gasteiger partial charge < -0.3 is 10.1 Å². The fraction of sp³-hybridized carbons (Fsp3) is 0.278. The van der Waals surface area contributed by atoms with Crippen LogP contribution >= 0.6 is 0 Å². The highest BCUT2D eigenvalue weighted by molar-refractivity contribution is 5.47. The summed E-state index contributed by atoms with van der Waals surface area (Å²) in [5.74, 6) is 1.80. The van der Waals surface area contributed by atoms with E-state index in [0.29, 0.717) is 17.2 Å². The molecule has 0 aromatic heterocycles. The number of hydrogen-bond donors (Lipinski definition) is 1. The lowest BCUT2D eigenvalue weighted by Gasteiger charge is -2.11. The zero-order chi connectivity index (χ0) is 15.2. The number of nitriles is 1. The van der Waals surface area contributed by atoms with Gasteiger partial charge in [-0.25, -0.2) is 0 Å². The second kappa shape index (κ2) is 6.92. The number of rotatable bonds is 5. The zero-order valence-corrected chi connectivity index (χ0v) is 12.7. The molecule has 3 heteroatoms. The monoisotopic (exact) mass is 280 g/mol. The van der Waals surface area contributed by atoms with Gasteiger partial charge in [-0.1, -0.05) is 32.0 Å². The van der Waals surface area contributed by atoms with Crippen LogP contribution in [0.15, 0.2) is 42.5 Å². The SMILES string of the molecule is CNCc1ccc(Oc2cccc(C(C)C)c2)c(C#N)c1. The quantitative estimate of drug-likeness (QED) is 0.893. The van der Waals surface area contributed by atoms with Crippen LogP contribution in [0.5, 0.6) is 11.5 Å². The fourth-order valence-electron chi connectivity index (χ4n) is 2.13. The van der Waals surface area contributed by atoms with E-state index in [1.165, 1.54) is 5.56 Å².